The van der Waals surface area contributed by atoms with Crippen LogP contribution in [0.25, 0.3) is 0 Å². The largest absolute Gasteiger partial charge is 0.310 e. The second-order valence-electron chi connectivity index (χ2n) is 5.75. The fraction of sp³-hybridized carbons (Fsp3) is 0.571. The van der Waals surface area contributed by atoms with Gasteiger partial charge in [-0.3, -0.25) is 0 Å². The van der Waals surface area contributed by atoms with E-state index in [1.165, 1.54) is 10.4 Å². The van der Waals surface area contributed by atoms with Gasteiger partial charge in [-0.2, -0.15) is 4.31 Å². The Kier molecular flexibility index (Phi) is 4.23. The molecule has 1 aromatic carbocycles. The predicted octanol–water partition coefficient (Wildman–Crippen LogP) is 3.03. The third kappa shape index (κ3) is 3.22. The van der Waals surface area contributed by atoms with Gasteiger partial charge in [-0.1, -0.05) is 23.2 Å². The SMILES string of the molecule is CN(C1CC1)S(=O)(=O)c1ccc(Cl)c(CNC2CC2)c1Cl. The molecule has 2 saturated carbocycles. The number of halogens is 2. The summed E-state index contributed by atoms with van der Waals surface area (Å²) in [6.45, 7) is 0.499. The first kappa shape index (κ1) is 15.6. The van der Waals surface area contributed by atoms with Gasteiger partial charge in [0.1, 0.15) is 4.90 Å². The van der Waals surface area contributed by atoms with Gasteiger partial charge in [-0.05, 0) is 37.8 Å². The van der Waals surface area contributed by atoms with E-state index in [-0.39, 0.29) is 16.0 Å². The van der Waals surface area contributed by atoms with Crippen molar-refractivity contribution >= 4 is 33.2 Å². The minimum Gasteiger partial charge on any atom is -0.310 e. The Morgan fingerprint density at radius 1 is 1.24 bits per heavy atom. The van der Waals surface area contributed by atoms with Gasteiger partial charge in [-0.15, -0.1) is 0 Å². The minimum absolute atomic E-state index is 0.106. The van der Waals surface area contributed by atoms with Gasteiger partial charge in [0, 0.05) is 36.3 Å². The molecule has 116 valence electrons. The van der Waals surface area contributed by atoms with E-state index < -0.39 is 10.0 Å². The van der Waals surface area contributed by atoms with Gasteiger partial charge < -0.3 is 5.32 Å². The zero-order valence-electron chi connectivity index (χ0n) is 11.8. The summed E-state index contributed by atoms with van der Waals surface area (Å²) in [6.07, 6.45) is 4.13. The van der Waals surface area contributed by atoms with Crippen LogP contribution < -0.4 is 5.32 Å². The standard InChI is InChI=1S/C14H18Cl2N2O2S/c1-18(10-4-5-10)21(19,20)13-7-6-12(15)11(14(13)16)8-17-9-2-3-9/h6-7,9-10,17H,2-5,8H2,1H3. The molecule has 1 aromatic rings. The lowest BCUT2D eigenvalue weighted by molar-refractivity contribution is 0.464. The monoisotopic (exact) mass is 348 g/mol. The van der Waals surface area contributed by atoms with Crippen molar-refractivity contribution in [1.82, 2.24) is 9.62 Å². The zero-order chi connectivity index (χ0) is 15.2. The van der Waals surface area contributed by atoms with Crippen molar-refractivity contribution in [3.05, 3.63) is 27.7 Å². The molecule has 0 saturated heterocycles. The molecule has 4 nitrogen and oxygen atoms in total. The number of rotatable bonds is 6. The van der Waals surface area contributed by atoms with E-state index in [9.17, 15) is 8.42 Å². The normalized spacial score (nSPS) is 19.2. The molecule has 0 aromatic heterocycles. The third-order valence-electron chi connectivity index (χ3n) is 4.01. The van der Waals surface area contributed by atoms with Gasteiger partial charge in [0.05, 0.1) is 5.02 Å². The lowest BCUT2D eigenvalue weighted by Crippen LogP contribution is -2.29. The molecule has 0 spiro atoms. The predicted molar refractivity (Wildman–Crippen MR) is 84.3 cm³/mol. The summed E-state index contributed by atoms with van der Waals surface area (Å²) in [4.78, 5) is 0.149. The first-order valence-corrected chi connectivity index (χ1v) is 9.29. The summed E-state index contributed by atoms with van der Waals surface area (Å²) in [5.41, 5.74) is 0.663. The number of nitrogens with one attached hydrogen (secondary N) is 1. The molecule has 0 amide bonds. The van der Waals surface area contributed by atoms with Crippen molar-refractivity contribution in [2.45, 2.75) is 49.2 Å². The molecule has 21 heavy (non-hydrogen) atoms. The van der Waals surface area contributed by atoms with Crippen LogP contribution in [0.2, 0.25) is 10.0 Å². The number of benzene rings is 1. The van der Waals surface area contributed by atoms with Crippen LogP contribution in [0, 0.1) is 0 Å². The maximum absolute atomic E-state index is 12.6. The molecule has 0 aliphatic heterocycles. The highest BCUT2D eigenvalue weighted by atomic mass is 35.5. The molecule has 1 N–H and O–H groups in total. The molecule has 0 atom stereocenters. The molecule has 0 bridgehead atoms. The highest BCUT2D eigenvalue weighted by Gasteiger charge is 2.36. The Labute approximate surface area is 135 Å². The van der Waals surface area contributed by atoms with E-state index in [1.54, 1.807) is 13.1 Å². The van der Waals surface area contributed by atoms with Crippen LogP contribution in [0.4, 0.5) is 0 Å². The van der Waals surface area contributed by atoms with Crippen LogP contribution in [-0.2, 0) is 16.6 Å². The Morgan fingerprint density at radius 3 is 2.48 bits per heavy atom. The van der Waals surface area contributed by atoms with Crippen molar-refractivity contribution in [2.24, 2.45) is 0 Å². The number of sulfonamides is 1. The maximum atomic E-state index is 12.6. The molecule has 2 aliphatic carbocycles. The van der Waals surface area contributed by atoms with E-state index in [1.807, 2.05) is 0 Å². The highest BCUT2D eigenvalue weighted by Crippen LogP contribution is 2.36. The van der Waals surface area contributed by atoms with Crippen molar-refractivity contribution in [3.63, 3.8) is 0 Å². The van der Waals surface area contributed by atoms with Crippen molar-refractivity contribution in [3.8, 4) is 0 Å². The quantitative estimate of drug-likeness (QED) is 0.859. The molecular weight excluding hydrogens is 331 g/mol. The molecule has 0 unspecified atom stereocenters. The molecule has 0 radical (unpaired) electrons. The van der Waals surface area contributed by atoms with Crippen molar-refractivity contribution in [2.75, 3.05) is 7.05 Å². The van der Waals surface area contributed by atoms with Gasteiger partial charge >= 0.3 is 0 Å². The first-order chi connectivity index (χ1) is 9.91. The van der Waals surface area contributed by atoms with E-state index in [0.717, 1.165) is 25.7 Å². The summed E-state index contributed by atoms with van der Waals surface area (Å²) < 4.78 is 26.7. The lowest BCUT2D eigenvalue weighted by atomic mass is 10.2. The Hall–Kier alpha value is -0.330. The van der Waals surface area contributed by atoms with Crippen LogP contribution in [0.1, 0.15) is 31.2 Å². The third-order valence-corrected chi connectivity index (χ3v) is 6.86. The highest BCUT2D eigenvalue weighted by molar-refractivity contribution is 7.89. The molecule has 7 heteroatoms. The van der Waals surface area contributed by atoms with Crippen LogP contribution in [0.5, 0.6) is 0 Å². The Balaban J connectivity index is 1.92. The van der Waals surface area contributed by atoms with Crippen molar-refractivity contribution in [1.29, 1.82) is 0 Å². The average Bonchev–Trinajstić information content (AvgIpc) is 3.29. The summed E-state index contributed by atoms with van der Waals surface area (Å²) in [5, 5.41) is 4.06. The summed E-state index contributed by atoms with van der Waals surface area (Å²) in [5.74, 6) is 0. The van der Waals surface area contributed by atoms with Crippen LogP contribution in [-0.4, -0.2) is 31.9 Å². The van der Waals surface area contributed by atoms with Gasteiger partial charge in [0.2, 0.25) is 10.0 Å². The van der Waals surface area contributed by atoms with E-state index in [4.69, 9.17) is 23.2 Å². The lowest BCUT2D eigenvalue weighted by Gasteiger charge is -2.19. The Morgan fingerprint density at radius 2 is 1.90 bits per heavy atom. The van der Waals surface area contributed by atoms with E-state index in [0.29, 0.717) is 23.2 Å². The minimum atomic E-state index is -3.55. The molecule has 2 fully saturated rings. The van der Waals surface area contributed by atoms with Gasteiger partial charge in [0.15, 0.2) is 0 Å². The second kappa shape index (κ2) is 5.70. The van der Waals surface area contributed by atoms with Crippen LogP contribution >= 0.6 is 23.2 Å². The van der Waals surface area contributed by atoms with E-state index in [2.05, 4.69) is 5.32 Å². The first-order valence-electron chi connectivity index (χ1n) is 7.09. The summed E-state index contributed by atoms with van der Waals surface area (Å²) >= 11 is 12.5. The summed E-state index contributed by atoms with van der Waals surface area (Å²) in [6, 6.07) is 3.73. The second-order valence-corrected chi connectivity index (χ2v) is 8.50. The molecule has 2 aliphatic rings. The average molecular weight is 349 g/mol. The zero-order valence-corrected chi connectivity index (χ0v) is 14.1. The number of hydrogen-bond acceptors (Lipinski definition) is 3. The maximum Gasteiger partial charge on any atom is 0.244 e. The fourth-order valence-electron chi connectivity index (χ4n) is 2.26. The fourth-order valence-corrected chi connectivity index (χ4v) is 4.56. The van der Waals surface area contributed by atoms with E-state index >= 15 is 0 Å². The molecular formula is C14H18Cl2N2O2S. The number of hydrogen-bond donors (Lipinski definition) is 1. The smallest absolute Gasteiger partial charge is 0.244 e. The van der Waals surface area contributed by atoms with Gasteiger partial charge in [-0.25, -0.2) is 8.42 Å². The van der Waals surface area contributed by atoms with Crippen LogP contribution in [0.15, 0.2) is 17.0 Å². The summed E-state index contributed by atoms with van der Waals surface area (Å²) in [7, 11) is -1.94. The molecule has 0 heterocycles. The molecule has 3 rings (SSSR count). The number of nitrogens with zero attached hydrogens (tertiary/aromatic N) is 1. The van der Waals surface area contributed by atoms with Crippen LogP contribution in [0.3, 0.4) is 0 Å². The Bertz CT molecular complexity index is 655. The van der Waals surface area contributed by atoms with Gasteiger partial charge in [0.25, 0.3) is 0 Å². The van der Waals surface area contributed by atoms with Crippen molar-refractivity contribution < 1.29 is 8.42 Å². The topological polar surface area (TPSA) is 49.4 Å².